The Balaban J connectivity index is 2.45. The van der Waals surface area contributed by atoms with E-state index < -0.39 is 11.9 Å². The predicted octanol–water partition coefficient (Wildman–Crippen LogP) is 1.63. The highest BCUT2D eigenvalue weighted by molar-refractivity contribution is 7.20. The largest absolute Gasteiger partial charge is 0.477 e. The summed E-state index contributed by atoms with van der Waals surface area (Å²) in [6, 6.07) is 7.01. The van der Waals surface area contributed by atoms with Gasteiger partial charge in [-0.3, -0.25) is 4.79 Å². The second-order valence-corrected chi connectivity index (χ2v) is 4.51. The van der Waals surface area contributed by atoms with Gasteiger partial charge >= 0.3 is 5.97 Å². The molecule has 0 radical (unpaired) electrons. The van der Waals surface area contributed by atoms with Gasteiger partial charge in [-0.25, -0.2) is 4.79 Å². The highest BCUT2D eigenvalue weighted by atomic mass is 32.1. The van der Waals surface area contributed by atoms with Crippen molar-refractivity contribution in [2.45, 2.75) is 6.42 Å². The van der Waals surface area contributed by atoms with Gasteiger partial charge in [0.25, 0.3) is 0 Å². The Morgan fingerprint density at radius 1 is 1.31 bits per heavy atom. The Morgan fingerprint density at radius 3 is 2.69 bits per heavy atom. The Morgan fingerprint density at radius 2 is 2.06 bits per heavy atom. The third kappa shape index (κ3) is 2.04. The van der Waals surface area contributed by atoms with Gasteiger partial charge in [0.1, 0.15) is 4.88 Å². The van der Waals surface area contributed by atoms with Crippen LogP contribution in [0.5, 0.6) is 0 Å². The molecule has 0 saturated heterocycles. The minimum Gasteiger partial charge on any atom is -0.477 e. The number of benzene rings is 1. The summed E-state index contributed by atoms with van der Waals surface area (Å²) in [5.41, 5.74) is 5.90. The molecule has 0 unspecified atom stereocenters. The molecule has 2 rings (SSSR count). The molecule has 5 heteroatoms. The number of nitrogens with two attached hydrogens (primary N) is 1. The van der Waals surface area contributed by atoms with Crippen molar-refractivity contribution in [3.63, 3.8) is 0 Å². The maximum absolute atomic E-state index is 10.8. The van der Waals surface area contributed by atoms with E-state index in [-0.39, 0.29) is 6.42 Å². The van der Waals surface area contributed by atoms with E-state index in [0.717, 1.165) is 15.6 Å². The van der Waals surface area contributed by atoms with Crippen LogP contribution in [0.3, 0.4) is 0 Å². The Bertz CT molecular complexity index is 574. The first-order valence-electron chi connectivity index (χ1n) is 4.60. The molecule has 1 heterocycles. The Hall–Kier alpha value is -1.88. The number of carbonyl (C=O) groups excluding carboxylic acids is 1. The van der Waals surface area contributed by atoms with Gasteiger partial charge < -0.3 is 10.8 Å². The fourth-order valence-corrected chi connectivity index (χ4v) is 2.46. The molecule has 0 aliphatic heterocycles. The van der Waals surface area contributed by atoms with Crippen LogP contribution in [0.2, 0.25) is 0 Å². The summed E-state index contributed by atoms with van der Waals surface area (Å²) >= 11 is 1.19. The fraction of sp³-hybridized carbons (Fsp3) is 0.0909. The van der Waals surface area contributed by atoms with E-state index in [1.54, 1.807) is 24.3 Å². The number of carboxylic acids is 1. The van der Waals surface area contributed by atoms with Gasteiger partial charge in [-0.1, -0.05) is 12.1 Å². The first-order valence-corrected chi connectivity index (χ1v) is 5.42. The maximum atomic E-state index is 10.8. The zero-order valence-electron chi connectivity index (χ0n) is 8.27. The topological polar surface area (TPSA) is 80.4 Å². The normalized spacial score (nSPS) is 10.5. The molecule has 2 aromatic rings. The predicted molar refractivity (Wildman–Crippen MR) is 61.7 cm³/mol. The van der Waals surface area contributed by atoms with Crippen molar-refractivity contribution >= 4 is 33.3 Å². The third-order valence-corrected chi connectivity index (χ3v) is 3.26. The second-order valence-electron chi connectivity index (χ2n) is 3.43. The van der Waals surface area contributed by atoms with E-state index >= 15 is 0 Å². The summed E-state index contributed by atoms with van der Waals surface area (Å²) in [5.74, 6) is -1.33. The van der Waals surface area contributed by atoms with Gasteiger partial charge in [0.15, 0.2) is 0 Å². The number of hydrogen-bond acceptors (Lipinski definition) is 3. The molecule has 1 amide bonds. The van der Waals surface area contributed by atoms with Gasteiger partial charge in [0.2, 0.25) is 5.91 Å². The molecule has 1 aromatic heterocycles. The number of fused-ring (bicyclic) bond motifs is 1. The summed E-state index contributed by atoms with van der Waals surface area (Å²) in [4.78, 5) is 21.8. The van der Waals surface area contributed by atoms with Crippen molar-refractivity contribution < 1.29 is 14.7 Å². The molecular formula is C11H9NO3S. The van der Waals surface area contributed by atoms with Crippen molar-refractivity contribution in [2.75, 3.05) is 0 Å². The molecule has 4 nitrogen and oxygen atoms in total. The number of hydrogen-bond donors (Lipinski definition) is 2. The molecule has 1 aromatic carbocycles. The van der Waals surface area contributed by atoms with Crippen molar-refractivity contribution in [1.29, 1.82) is 0 Å². The monoisotopic (exact) mass is 235 g/mol. The van der Waals surface area contributed by atoms with Gasteiger partial charge in [0.05, 0.1) is 6.42 Å². The van der Waals surface area contributed by atoms with E-state index in [9.17, 15) is 9.59 Å². The lowest BCUT2D eigenvalue weighted by Crippen LogP contribution is -2.13. The number of rotatable bonds is 3. The van der Waals surface area contributed by atoms with Gasteiger partial charge in [-0.05, 0) is 23.1 Å². The van der Waals surface area contributed by atoms with Gasteiger partial charge in [-0.15, -0.1) is 11.3 Å². The van der Waals surface area contributed by atoms with Crippen LogP contribution in [0.1, 0.15) is 15.2 Å². The number of amides is 1. The minimum absolute atomic E-state index is 0.177. The number of carbonyl (C=O) groups is 2. The molecule has 0 atom stereocenters. The molecule has 16 heavy (non-hydrogen) atoms. The Kier molecular flexibility index (Phi) is 2.62. The number of primary amides is 1. The van der Waals surface area contributed by atoms with Crippen LogP contribution >= 0.6 is 11.3 Å². The SMILES string of the molecule is NC(=O)Cc1ccc2cc(C(=O)O)sc2c1. The van der Waals surface area contributed by atoms with Gasteiger partial charge in [-0.2, -0.15) is 0 Å². The van der Waals surface area contributed by atoms with Gasteiger partial charge in [0, 0.05) is 4.70 Å². The van der Waals surface area contributed by atoms with Crippen molar-refractivity contribution in [3.05, 3.63) is 34.7 Å². The van der Waals surface area contributed by atoms with Crippen LogP contribution < -0.4 is 5.73 Å². The van der Waals surface area contributed by atoms with Crippen LogP contribution in [-0.2, 0) is 11.2 Å². The summed E-state index contributed by atoms with van der Waals surface area (Å²) in [6.07, 6.45) is 0.177. The zero-order chi connectivity index (χ0) is 11.7. The lowest BCUT2D eigenvalue weighted by molar-refractivity contribution is -0.117. The fourth-order valence-electron chi connectivity index (χ4n) is 1.49. The van der Waals surface area contributed by atoms with Crippen LogP contribution in [0, 0.1) is 0 Å². The average Bonchev–Trinajstić information content (AvgIpc) is 2.59. The van der Waals surface area contributed by atoms with Crippen molar-refractivity contribution in [3.8, 4) is 0 Å². The Labute approximate surface area is 95.3 Å². The average molecular weight is 235 g/mol. The number of carboxylic acid groups (broad SMARTS) is 1. The number of aromatic carboxylic acids is 1. The molecule has 0 bridgehead atoms. The molecule has 0 saturated carbocycles. The van der Waals surface area contributed by atoms with Crippen LogP contribution in [0.4, 0.5) is 0 Å². The summed E-state index contributed by atoms with van der Waals surface area (Å²) in [6.45, 7) is 0. The lowest BCUT2D eigenvalue weighted by atomic mass is 10.1. The first-order chi connectivity index (χ1) is 7.56. The summed E-state index contributed by atoms with van der Waals surface area (Å²) in [7, 11) is 0. The zero-order valence-corrected chi connectivity index (χ0v) is 9.08. The molecule has 0 spiro atoms. The van der Waals surface area contributed by atoms with E-state index in [1.807, 2.05) is 0 Å². The van der Waals surface area contributed by atoms with Crippen LogP contribution in [0.25, 0.3) is 10.1 Å². The van der Waals surface area contributed by atoms with Crippen molar-refractivity contribution in [2.24, 2.45) is 5.73 Å². The molecule has 0 fully saturated rings. The molecule has 82 valence electrons. The van der Waals surface area contributed by atoms with E-state index in [1.165, 1.54) is 11.3 Å². The second kappa shape index (κ2) is 3.94. The third-order valence-electron chi connectivity index (χ3n) is 2.17. The highest BCUT2D eigenvalue weighted by Gasteiger charge is 2.09. The number of thiophene rings is 1. The minimum atomic E-state index is -0.933. The van der Waals surface area contributed by atoms with Crippen LogP contribution in [-0.4, -0.2) is 17.0 Å². The summed E-state index contributed by atoms with van der Waals surface area (Å²) in [5, 5.41) is 9.71. The van der Waals surface area contributed by atoms with E-state index in [0.29, 0.717) is 4.88 Å². The molecule has 0 aliphatic rings. The quantitative estimate of drug-likeness (QED) is 0.848. The van der Waals surface area contributed by atoms with E-state index in [4.69, 9.17) is 10.8 Å². The molecule has 3 N–H and O–H groups in total. The summed E-state index contributed by atoms with van der Waals surface area (Å²) < 4.78 is 0.858. The molecular weight excluding hydrogens is 226 g/mol. The first kappa shape index (κ1) is 10.6. The maximum Gasteiger partial charge on any atom is 0.345 e. The van der Waals surface area contributed by atoms with Crippen LogP contribution in [0.15, 0.2) is 24.3 Å². The smallest absolute Gasteiger partial charge is 0.345 e. The highest BCUT2D eigenvalue weighted by Crippen LogP contribution is 2.26. The van der Waals surface area contributed by atoms with Crippen molar-refractivity contribution in [1.82, 2.24) is 0 Å². The standard InChI is InChI=1S/C11H9NO3S/c12-10(13)4-6-1-2-7-5-9(11(14)15)16-8(7)3-6/h1-3,5H,4H2,(H2,12,13)(H,14,15). The molecule has 0 aliphatic carbocycles. The lowest BCUT2D eigenvalue weighted by Gasteiger charge is -1.96. The van der Waals surface area contributed by atoms with E-state index in [2.05, 4.69) is 0 Å².